The fourth-order valence-electron chi connectivity index (χ4n) is 1.50. The second-order valence-corrected chi connectivity index (χ2v) is 3.64. The number of rotatable bonds is 4. The molecule has 19 heavy (non-hydrogen) atoms. The number of carbonyl (C=O) groups is 1. The first kappa shape index (κ1) is 12.6. The molecule has 0 atom stereocenters. The van der Waals surface area contributed by atoms with Crippen LogP contribution >= 0.6 is 0 Å². The Bertz CT molecular complexity index is 606. The Kier molecular flexibility index (Phi) is 4.09. The maximum Gasteiger partial charge on any atom is 0.257 e. The van der Waals surface area contributed by atoms with Gasteiger partial charge in [0.15, 0.2) is 6.61 Å². The number of carbonyl (C=O) groups excluding carboxylic acids is 1. The van der Waals surface area contributed by atoms with Gasteiger partial charge < -0.3 is 10.1 Å². The van der Waals surface area contributed by atoms with Gasteiger partial charge >= 0.3 is 0 Å². The highest BCUT2D eigenvalue weighted by atomic mass is 16.5. The average molecular weight is 253 g/mol. The molecule has 2 rings (SSSR count). The molecule has 5 nitrogen and oxygen atoms in total. The first-order chi connectivity index (χ1) is 9.31. The number of benzene rings is 1. The summed E-state index contributed by atoms with van der Waals surface area (Å²) >= 11 is 0. The highest BCUT2D eigenvalue weighted by Crippen LogP contribution is 2.24. The minimum Gasteiger partial charge on any atom is -0.477 e. The van der Waals surface area contributed by atoms with Crippen LogP contribution < -0.4 is 10.1 Å². The van der Waals surface area contributed by atoms with Crippen LogP contribution in [0.2, 0.25) is 0 Å². The van der Waals surface area contributed by atoms with E-state index >= 15 is 0 Å². The minimum absolute atomic E-state index is 0.0697. The molecule has 0 spiro atoms. The molecule has 0 aliphatic rings. The lowest BCUT2D eigenvalue weighted by Crippen LogP contribution is -2.13. The lowest BCUT2D eigenvalue weighted by atomic mass is 10.2. The van der Waals surface area contributed by atoms with E-state index in [2.05, 4.69) is 10.3 Å². The zero-order valence-corrected chi connectivity index (χ0v) is 10.0. The molecule has 0 unspecified atom stereocenters. The average Bonchev–Trinajstić information content (AvgIpc) is 2.47. The standard InChI is InChI=1S/C14H11N3O2/c15-7-9-19-13-6-2-1-5-12(13)17-14(18)11-4-3-8-16-10-11/h1-6,8,10H,9H2,(H,17,18). The summed E-state index contributed by atoms with van der Waals surface area (Å²) in [5.41, 5.74) is 0.976. The highest BCUT2D eigenvalue weighted by Gasteiger charge is 2.09. The molecule has 1 aromatic carbocycles. The van der Waals surface area contributed by atoms with E-state index in [9.17, 15) is 4.79 Å². The van der Waals surface area contributed by atoms with Crippen molar-refractivity contribution < 1.29 is 9.53 Å². The summed E-state index contributed by atoms with van der Waals surface area (Å²) in [6.45, 7) is -0.0697. The number of pyridine rings is 1. The number of nitrogens with one attached hydrogen (secondary N) is 1. The third-order valence-electron chi connectivity index (χ3n) is 2.35. The van der Waals surface area contributed by atoms with Gasteiger partial charge in [0.05, 0.1) is 11.3 Å². The summed E-state index contributed by atoms with van der Waals surface area (Å²) in [4.78, 5) is 15.9. The molecular formula is C14H11N3O2. The van der Waals surface area contributed by atoms with Crippen molar-refractivity contribution in [2.45, 2.75) is 0 Å². The minimum atomic E-state index is -0.277. The molecule has 0 saturated heterocycles. The van der Waals surface area contributed by atoms with Crippen molar-refractivity contribution in [3.63, 3.8) is 0 Å². The number of hydrogen-bond acceptors (Lipinski definition) is 4. The van der Waals surface area contributed by atoms with Crippen LogP contribution in [0.3, 0.4) is 0 Å². The number of nitrogens with zero attached hydrogens (tertiary/aromatic N) is 2. The largest absolute Gasteiger partial charge is 0.477 e. The SMILES string of the molecule is N#CCOc1ccccc1NC(=O)c1cccnc1. The predicted octanol–water partition coefficient (Wildman–Crippen LogP) is 2.24. The van der Waals surface area contributed by atoms with Gasteiger partial charge in [0.2, 0.25) is 0 Å². The van der Waals surface area contributed by atoms with Crippen molar-refractivity contribution in [3.05, 3.63) is 54.4 Å². The molecule has 0 bridgehead atoms. The van der Waals surface area contributed by atoms with Crippen LogP contribution in [0.5, 0.6) is 5.75 Å². The Morgan fingerprint density at radius 3 is 2.89 bits per heavy atom. The Morgan fingerprint density at radius 2 is 2.16 bits per heavy atom. The fourth-order valence-corrected chi connectivity index (χ4v) is 1.50. The van der Waals surface area contributed by atoms with Crippen molar-refractivity contribution in [1.82, 2.24) is 4.98 Å². The van der Waals surface area contributed by atoms with Gasteiger partial charge in [-0.2, -0.15) is 5.26 Å². The Labute approximate surface area is 110 Å². The van der Waals surface area contributed by atoms with Gasteiger partial charge in [0.1, 0.15) is 11.8 Å². The summed E-state index contributed by atoms with van der Waals surface area (Å²) in [6, 6.07) is 12.2. The molecule has 5 heteroatoms. The summed E-state index contributed by atoms with van der Waals surface area (Å²) < 4.78 is 5.23. The van der Waals surface area contributed by atoms with Gasteiger partial charge in [0.25, 0.3) is 5.91 Å². The van der Waals surface area contributed by atoms with E-state index in [4.69, 9.17) is 10.00 Å². The molecule has 2 aromatic rings. The number of ether oxygens (including phenoxy) is 1. The number of anilines is 1. The smallest absolute Gasteiger partial charge is 0.257 e. The third-order valence-corrected chi connectivity index (χ3v) is 2.35. The highest BCUT2D eigenvalue weighted by molar-refractivity contribution is 6.04. The zero-order chi connectivity index (χ0) is 13.5. The lowest BCUT2D eigenvalue weighted by Gasteiger charge is -2.10. The normalized spacial score (nSPS) is 9.42. The summed E-state index contributed by atoms with van der Waals surface area (Å²) in [7, 11) is 0. The maximum absolute atomic E-state index is 12.0. The van der Waals surface area contributed by atoms with E-state index in [1.54, 1.807) is 42.6 Å². The molecule has 0 saturated carbocycles. The van der Waals surface area contributed by atoms with Crippen LogP contribution in [0.15, 0.2) is 48.8 Å². The summed E-state index contributed by atoms with van der Waals surface area (Å²) in [5.74, 6) is 0.183. The zero-order valence-electron chi connectivity index (χ0n) is 10.0. The molecule has 1 N–H and O–H groups in total. The van der Waals surface area contributed by atoms with E-state index in [1.165, 1.54) is 6.20 Å². The van der Waals surface area contributed by atoms with Crippen LogP contribution in [-0.4, -0.2) is 17.5 Å². The van der Waals surface area contributed by atoms with Crippen LogP contribution in [0.4, 0.5) is 5.69 Å². The molecule has 1 amide bonds. The molecule has 0 radical (unpaired) electrons. The quantitative estimate of drug-likeness (QED) is 0.906. The lowest BCUT2D eigenvalue weighted by molar-refractivity contribution is 0.102. The third kappa shape index (κ3) is 3.30. The predicted molar refractivity (Wildman–Crippen MR) is 69.7 cm³/mol. The van der Waals surface area contributed by atoms with E-state index in [0.717, 1.165) is 0 Å². The number of para-hydroxylation sites is 2. The Morgan fingerprint density at radius 1 is 1.32 bits per heavy atom. The van der Waals surface area contributed by atoms with Crippen molar-refractivity contribution in [2.75, 3.05) is 11.9 Å². The van der Waals surface area contributed by atoms with E-state index in [1.807, 2.05) is 6.07 Å². The first-order valence-electron chi connectivity index (χ1n) is 5.61. The number of aromatic nitrogens is 1. The van der Waals surface area contributed by atoms with Gasteiger partial charge in [-0.25, -0.2) is 0 Å². The second kappa shape index (κ2) is 6.17. The van der Waals surface area contributed by atoms with Crippen LogP contribution in [0, 0.1) is 11.3 Å². The van der Waals surface area contributed by atoms with Gasteiger partial charge in [0, 0.05) is 12.4 Å². The van der Waals surface area contributed by atoms with Gasteiger partial charge in [-0.15, -0.1) is 0 Å². The fraction of sp³-hybridized carbons (Fsp3) is 0.0714. The van der Waals surface area contributed by atoms with Crippen LogP contribution in [-0.2, 0) is 0 Å². The van der Waals surface area contributed by atoms with Gasteiger partial charge in [-0.05, 0) is 24.3 Å². The maximum atomic E-state index is 12.0. The van der Waals surface area contributed by atoms with Crippen molar-refractivity contribution in [2.24, 2.45) is 0 Å². The second-order valence-electron chi connectivity index (χ2n) is 3.64. The van der Waals surface area contributed by atoms with E-state index in [0.29, 0.717) is 17.0 Å². The Balaban J connectivity index is 2.15. The first-order valence-corrected chi connectivity index (χ1v) is 5.61. The van der Waals surface area contributed by atoms with E-state index in [-0.39, 0.29) is 12.5 Å². The van der Waals surface area contributed by atoms with Crippen molar-refractivity contribution in [3.8, 4) is 11.8 Å². The molecule has 0 fully saturated rings. The van der Waals surface area contributed by atoms with Crippen molar-refractivity contribution >= 4 is 11.6 Å². The molecule has 1 heterocycles. The van der Waals surface area contributed by atoms with Gasteiger partial charge in [-0.3, -0.25) is 9.78 Å². The number of nitriles is 1. The van der Waals surface area contributed by atoms with Crippen molar-refractivity contribution in [1.29, 1.82) is 5.26 Å². The number of amides is 1. The summed E-state index contributed by atoms with van der Waals surface area (Å²) in [6.07, 6.45) is 3.08. The molecule has 0 aliphatic heterocycles. The number of hydrogen-bond donors (Lipinski definition) is 1. The summed E-state index contributed by atoms with van der Waals surface area (Å²) in [5, 5.41) is 11.2. The van der Waals surface area contributed by atoms with Gasteiger partial charge in [-0.1, -0.05) is 12.1 Å². The topological polar surface area (TPSA) is 75.0 Å². The molecule has 1 aromatic heterocycles. The molecule has 94 valence electrons. The monoisotopic (exact) mass is 253 g/mol. The van der Waals surface area contributed by atoms with Crippen LogP contribution in [0.25, 0.3) is 0 Å². The Hall–Kier alpha value is -2.87. The molecular weight excluding hydrogens is 242 g/mol. The van der Waals surface area contributed by atoms with E-state index < -0.39 is 0 Å². The molecule has 0 aliphatic carbocycles. The van der Waals surface area contributed by atoms with Crippen LogP contribution in [0.1, 0.15) is 10.4 Å².